The van der Waals surface area contributed by atoms with Crippen LogP contribution in [0.2, 0.25) is 0 Å². The van der Waals surface area contributed by atoms with E-state index in [0.717, 1.165) is 19.3 Å². The number of carbonyl (C=O) groups is 3. The summed E-state index contributed by atoms with van der Waals surface area (Å²) in [5.74, 6) is -5.76. The minimum atomic E-state index is -3.09. The lowest BCUT2D eigenvalue weighted by Gasteiger charge is -2.54. The summed E-state index contributed by atoms with van der Waals surface area (Å²) in [6.45, 7) is 0.575. The zero-order valence-corrected chi connectivity index (χ0v) is 21.5. The van der Waals surface area contributed by atoms with Crippen molar-refractivity contribution in [3.63, 3.8) is 0 Å². The number of carbonyl (C=O) groups excluding carboxylic acids is 3. The second kappa shape index (κ2) is 10.5. The molecule has 3 aliphatic heterocycles. The monoisotopic (exact) mass is 531 g/mol. The van der Waals surface area contributed by atoms with E-state index in [1.54, 1.807) is 24.1 Å². The van der Waals surface area contributed by atoms with E-state index in [2.05, 4.69) is 21.0 Å². The zero-order chi connectivity index (χ0) is 27.0. The molecule has 3 amide bonds. The van der Waals surface area contributed by atoms with Crippen molar-refractivity contribution in [3.05, 3.63) is 12.4 Å². The van der Waals surface area contributed by atoms with Crippen LogP contribution in [-0.4, -0.2) is 69.0 Å². The third-order valence-electron chi connectivity index (χ3n) is 8.46. The third-order valence-corrected chi connectivity index (χ3v) is 8.46. The Morgan fingerprint density at radius 1 is 1.26 bits per heavy atom. The summed E-state index contributed by atoms with van der Waals surface area (Å²) >= 11 is 0. The maximum Gasteiger partial charge on any atom is 0.255 e. The molecule has 6 atom stereocenters. The first-order valence-corrected chi connectivity index (χ1v) is 13.6. The Labute approximate surface area is 220 Å². The van der Waals surface area contributed by atoms with Crippen LogP contribution in [0.1, 0.15) is 57.8 Å². The molecule has 1 aromatic rings. The summed E-state index contributed by atoms with van der Waals surface area (Å²) in [4.78, 5) is 41.1. The highest BCUT2D eigenvalue weighted by Crippen LogP contribution is 2.49. The fourth-order valence-electron chi connectivity index (χ4n) is 6.36. The summed E-state index contributed by atoms with van der Waals surface area (Å²) in [5.41, 5.74) is 0.648. The molecule has 0 unspecified atom stereocenters. The topological polar surface area (TPSA) is 132 Å². The van der Waals surface area contributed by atoms with Gasteiger partial charge in [-0.2, -0.15) is 10.4 Å². The second-order valence-electron chi connectivity index (χ2n) is 11.3. The van der Waals surface area contributed by atoms with E-state index in [1.807, 2.05) is 6.07 Å². The van der Waals surface area contributed by atoms with Crippen LogP contribution < -0.4 is 16.0 Å². The fourth-order valence-corrected chi connectivity index (χ4v) is 6.36. The molecule has 4 heterocycles. The Balaban J connectivity index is 1.37. The number of nitrogens with one attached hydrogen (secondary N) is 3. The van der Waals surface area contributed by atoms with Gasteiger partial charge < -0.3 is 20.9 Å². The fraction of sp³-hybridized carbons (Fsp3) is 0.731. The predicted molar refractivity (Wildman–Crippen MR) is 133 cm³/mol. The van der Waals surface area contributed by atoms with Crippen molar-refractivity contribution in [3.8, 4) is 6.07 Å². The average molecular weight is 532 g/mol. The molecule has 5 aliphatic rings. The molecule has 1 aromatic heterocycles. The summed E-state index contributed by atoms with van der Waals surface area (Å²) in [6.07, 6.45) is 7.44. The number of halogens is 2. The van der Waals surface area contributed by atoms with Gasteiger partial charge in [0.15, 0.2) is 0 Å². The molecule has 3 saturated heterocycles. The van der Waals surface area contributed by atoms with Gasteiger partial charge in [0.25, 0.3) is 5.92 Å². The molecular formula is C26H35F2N7O3. The normalized spacial score (nSPS) is 29.6. The Kier molecular flexibility index (Phi) is 7.29. The molecule has 3 N–H and O–H groups in total. The predicted octanol–water partition coefficient (Wildman–Crippen LogP) is 1.94. The quantitative estimate of drug-likeness (QED) is 0.446. The van der Waals surface area contributed by atoms with Gasteiger partial charge in [-0.1, -0.05) is 12.8 Å². The molecule has 206 valence electrons. The summed E-state index contributed by atoms with van der Waals surface area (Å²) in [7, 11) is 1.76. The molecule has 10 nitrogen and oxygen atoms in total. The first kappa shape index (κ1) is 26.4. The van der Waals surface area contributed by atoms with Gasteiger partial charge in [0.05, 0.1) is 23.9 Å². The van der Waals surface area contributed by atoms with Crippen LogP contribution in [-0.2, 0) is 21.4 Å². The van der Waals surface area contributed by atoms with E-state index in [1.165, 1.54) is 4.90 Å². The summed E-state index contributed by atoms with van der Waals surface area (Å²) < 4.78 is 31.8. The Hall–Kier alpha value is -3.23. The highest BCUT2D eigenvalue weighted by molar-refractivity contribution is 5.92. The van der Waals surface area contributed by atoms with Gasteiger partial charge in [-0.15, -0.1) is 0 Å². The molecule has 0 spiro atoms. The molecule has 0 radical (unpaired) electrons. The first-order chi connectivity index (χ1) is 18.2. The maximum absolute atomic E-state index is 15.1. The minimum Gasteiger partial charge on any atom is -0.371 e. The van der Waals surface area contributed by atoms with Gasteiger partial charge in [0, 0.05) is 38.2 Å². The molecule has 38 heavy (non-hydrogen) atoms. The average Bonchev–Trinajstić information content (AvgIpc) is 3.61. The van der Waals surface area contributed by atoms with Crippen molar-refractivity contribution < 1.29 is 23.2 Å². The van der Waals surface area contributed by atoms with Crippen molar-refractivity contribution in [1.82, 2.24) is 25.3 Å². The van der Waals surface area contributed by atoms with Gasteiger partial charge in [-0.25, -0.2) is 8.78 Å². The Morgan fingerprint density at radius 2 is 2.05 bits per heavy atom. The van der Waals surface area contributed by atoms with Crippen LogP contribution in [0.5, 0.6) is 0 Å². The van der Waals surface area contributed by atoms with E-state index in [4.69, 9.17) is 0 Å². The number of amides is 3. The van der Waals surface area contributed by atoms with Gasteiger partial charge in [0.1, 0.15) is 18.1 Å². The molecule has 12 heteroatoms. The van der Waals surface area contributed by atoms with Crippen molar-refractivity contribution in [1.29, 1.82) is 5.26 Å². The van der Waals surface area contributed by atoms with E-state index >= 15 is 8.78 Å². The zero-order valence-electron chi connectivity index (χ0n) is 21.5. The smallest absolute Gasteiger partial charge is 0.255 e. The highest BCUT2D eigenvalue weighted by Gasteiger charge is 2.61. The highest BCUT2D eigenvalue weighted by atomic mass is 19.3. The molecule has 5 fully saturated rings. The van der Waals surface area contributed by atoms with Gasteiger partial charge in [-0.3, -0.25) is 19.1 Å². The SMILES string of the molecule is Cn1cc(N[C@H](CC2CC2)C(=O)N2[C@@H]3CC[C@H]([C@@H]2C(=O)N[C@@H](C#N)C[C@H]2CCCNC2=O)C(F)(F)C3)cn1. The molecule has 0 aromatic carbocycles. The van der Waals surface area contributed by atoms with Crippen molar-refractivity contribution in [2.24, 2.45) is 24.8 Å². The lowest BCUT2D eigenvalue weighted by Crippen LogP contribution is -2.70. The third kappa shape index (κ3) is 5.47. The van der Waals surface area contributed by atoms with Crippen LogP contribution in [0.15, 0.2) is 12.4 Å². The van der Waals surface area contributed by atoms with Gasteiger partial charge in [-0.05, 0) is 44.4 Å². The maximum atomic E-state index is 15.1. The van der Waals surface area contributed by atoms with E-state index in [-0.39, 0.29) is 24.7 Å². The van der Waals surface area contributed by atoms with E-state index < -0.39 is 54.3 Å². The molecule has 2 aliphatic carbocycles. The lowest BCUT2D eigenvalue weighted by molar-refractivity contribution is -0.194. The van der Waals surface area contributed by atoms with E-state index in [9.17, 15) is 19.6 Å². The number of piperidine rings is 3. The summed E-state index contributed by atoms with van der Waals surface area (Å²) in [5, 5.41) is 22.5. The molecule has 6 rings (SSSR count). The van der Waals surface area contributed by atoms with Crippen LogP contribution in [0.3, 0.4) is 0 Å². The number of anilines is 1. The number of hydrogen-bond acceptors (Lipinski definition) is 6. The molecular weight excluding hydrogens is 496 g/mol. The summed E-state index contributed by atoms with van der Waals surface area (Å²) in [6, 6.07) is -1.81. The van der Waals surface area contributed by atoms with Gasteiger partial charge >= 0.3 is 0 Å². The number of alkyl halides is 2. The second-order valence-corrected chi connectivity index (χ2v) is 11.3. The van der Waals surface area contributed by atoms with Crippen LogP contribution in [0.4, 0.5) is 14.5 Å². The molecule has 2 bridgehead atoms. The Bertz CT molecular complexity index is 1110. The number of hydrogen-bond donors (Lipinski definition) is 3. The molecule has 2 saturated carbocycles. The van der Waals surface area contributed by atoms with E-state index in [0.29, 0.717) is 37.4 Å². The number of nitriles is 1. The standard InChI is InChI=1S/C26H35F2N7O3/c1-34-14-18(13-31-34)32-21(9-15-4-5-15)25(38)35-19-6-7-20(26(27,28)11-19)22(35)24(37)33-17(12-29)10-16-3-2-8-30-23(16)36/h13-17,19-22,32H,2-11H2,1H3,(H,30,36)(H,33,37)/t16-,17-,19-,20-,21-,22-/m1/s1. The van der Waals surface area contributed by atoms with Crippen LogP contribution in [0, 0.1) is 29.1 Å². The number of fused-ring (bicyclic) bond motifs is 3. The minimum absolute atomic E-state index is 0.103. The van der Waals surface area contributed by atoms with Gasteiger partial charge in [0.2, 0.25) is 17.7 Å². The Morgan fingerprint density at radius 3 is 2.68 bits per heavy atom. The van der Waals surface area contributed by atoms with Crippen LogP contribution >= 0.6 is 0 Å². The van der Waals surface area contributed by atoms with Crippen LogP contribution in [0.25, 0.3) is 0 Å². The lowest BCUT2D eigenvalue weighted by atomic mass is 9.71. The number of aromatic nitrogens is 2. The number of rotatable bonds is 9. The van der Waals surface area contributed by atoms with Crippen molar-refractivity contribution >= 4 is 23.4 Å². The number of aryl methyl sites for hydroxylation is 1. The van der Waals surface area contributed by atoms with Crippen molar-refractivity contribution in [2.75, 3.05) is 11.9 Å². The number of nitrogens with zero attached hydrogens (tertiary/aromatic N) is 4. The largest absolute Gasteiger partial charge is 0.371 e. The first-order valence-electron chi connectivity index (χ1n) is 13.6. The van der Waals surface area contributed by atoms with Crippen molar-refractivity contribution in [2.45, 2.75) is 87.9 Å².